The standard InChI is InChI=1S/C12H12FN5O3/c13-10-3-2-9(8-11(10)18(20)21)12(19)14-4-1-6-17-7-5-15-16-17/h2-3,5,7-8H,1,4,6H2,(H,14,19). The molecule has 2 aromatic rings. The van der Waals surface area contributed by atoms with E-state index in [0.717, 1.165) is 12.1 Å². The lowest BCUT2D eigenvalue weighted by atomic mass is 10.2. The van der Waals surface area contributed by atoms with Gasteiger partial charge in [-0.25, -0.2) is 0 Å². The molecule has 110 valence electrons. The summed E-state index contributed by atoms with van der Waals surface area (Å²) < 4.78 is 14.8. The highest BCUT2D eigenvalue weighted by atomic mass is 19.1. The van der Waals surface area contributed by atoms with Gasteiger partial charge < -0.3 is 5.32 Å². The van der Waals surface area contributed by atoms with Crippen molar-refractivity contribution in [3.05, 3.63) is 52.1 Å². The number of amides is 1. The Morgan fingerprint density at radius 3 is 2.95 bits per heavy atom. The van der Waals surface area contributed by atoms with Crippen LogP contribution in [0, 0.1) is 15.9 Å². The van der Waals surface area contributed by atoms with E-state index in [9.17, 15) is 19.3 Å². The molecule has 1 heterocycles. The van der Waals surface area contributed by atoms with Gasteiger partial charge in [-0.2, -0.15) is 4.39 Å². The van der Waals surface area contributed by atoms with E-state index in [1.807, 2.05) is 0 Å². The molecular formula is C12H12FN5O3. The second kappa shape index (κ2) is 6.55. The average Bonchev–Trinajstić information content (AvgIpc) is 2.96. The minimum absolute atomic E-state index is 0.0452. The van der Waals surface area contributed by atoms with E-state index in [0.29, 0.717) is 19.5 Å². The molecule has 1 amide bonds. The van der Waals surface area contributed by atoms with Gasteiger partial charge in [0, 0.05) is 30.9 Å². The van der Waals surface area contributed by atoms with Crippen LogP contribution in [0.4, 0.5) is 10.1 Å². The van der Waals surface area contributed by atoms with Crippen molar-refractivity contribution in [2.24, 2.45) is 0 Å². The zero-order valence-electron chi connectivity index (χ0n) is 10.9. The molecule has 0 atom stereocenters. The smallest absolute Gasteiger partial charge is 0.305 e. The van der Waals surface area contributed by atoms with Crippen molar-refractivity contribution in [2.75, 3.05) is 6.54 Å². The van der Waals surface area contributed by atoms with E-state index in [1.54, 1.807) is 17.1 Å². The Balaban J connectivity index is 1.88. The first-order valence-electron chi connectivity index (χ1n) is 6.14. The molecule has 0 spiro atoms. The van der Waals surface area contributed by atoms with Crippen molar-refractivity contribution < 1.29 is 14.1 Å². The lowest BCUT2D eigenvalue weighted by Crippen LogP contribution is -2.25. The van der Waals surface area contributed by atoms with Gasteiger partial charge in [0.05, 0.1) is 11.1 Å². The van der Waals surface area contributed by atoms with Gasteiger partial charge in [-0.05, 0) is 18.6 Å². The summed E-state index contributed by atoms with van der Waals surface area (Å²) in [6.07, 6.45) is 3.87. The summed E-state index contributed by atoms with van der Waals surface area (Å²) in [7, 11) is 0. The van der Waals surface area contributed by atoms with Crippen LogP contribution in [0.2, 0.25) is 0 Å². The number of aromatic nitrogens is 3. The normalized spacial score (nSPS) is 10.3. The lowest BCUT2D eigenvalue weighted by Gasteiger charge is -2.05. The van der Waals surface area contributed by atoms with Crippen LogP contribution >= 0.6 is 0 Å². The Kier molecular flexibility index (Phi) is 4.54. The third kappa shape index (κ3) is 3.81. The van der Waals surface area contributed by atoms with Crippen LogP contribution < -0.4 is 5.32 Å². The van der Waals surface area contributed by atoms with Gasteiger partial charge in [-0.3, -0.25) is 19.6 Å². The topological polar surface area (TPSA) is 103 Å². The van der Waals surface area contributed by atoms with Crippen LogP contribution in [0.15, 0.2) is 30.6 Å². The molecule has 0 aliphatic carbocycles. The Bertz CT molecular complexity index is 644. The van der Waals surface area contributed by atoms with Crippen LogP contribution in [0.3, 0.4) is 0 Å². The largest absolute Gasteiger partial charge is 0.352 e. The fourth-order valence-electron chi connectivity index (χ4n) is 1.69. The van der Waals surface area contributed by atoms with E-state index in [1.165, 1.54) is 6.07 Å². The lowest BCUT2D eigenvalue weighted by molar-refractivity contribution is -0.387. The van der Waals surface area contributed by atoms with Crippen molar-refractivity contribution in [1.82, 2.24) is 20.3 Å². The highest BCUT2D eigenvalue weighted by Crippen LogP contribution is 2.18. The number of aryl methyl sites for hydroxylation is 1. The Morgan fingerprint density at radius 2 is 2.29 bits per heavy atom. The average molecular weight is 293 g/mol. The molecule has 0 aliphatic rings. The first kappa shape index (κ1) is 14.6. The van der Waals surface area contributed by atoms with Crippen LogP contribution in [-0.4, -0.2) is 32.4 Å². The fraction of sp³-hybridized carbons (Fsp3) is 0.250. The quantitative estimate of drug-likeness (QED) is 0.489. The van der Waals surface area contributed by atoms with Crippen molar-refractivity contribution >= 4 is 11.6 Å². The molecule has 0 aliphatic heterocycles. The first-order chi connectivity index (χ1) is 10.1. The van der Waals surface area contributed by atoms with Crippen molar-refractivity contribution in [3.63, 3.8) is 0 Å². The zero-order valence-corrected chi connectivity index (χ0v) is 10.9. The number of nitro benzene ring substituents is 1. The van der Waals surface area contributed by atoms with Gasteiger partial charge in [-0.1, -0.05) is 5.21 Å². The van der Waals surface area contributed by atoms with E-state index in [4.69, 9.17) is 0 Å². The van der Waals surface area contributed by atoms with Crippen LogP contribution in [0.25, 0.3) is 0 Å². The number of carbonyl (C=O) groups is 1. The second-order valence-electron chi connectivity index (χ2n) is 4.20. The van der Waals surface area contributed by atoms with E-state index in [-0.39, 0.29) is 5.56 Å². The number of nitrogens with zero attached hydrogens (tertiary/aromatic N) is 4. The summed E-state index contributed by atoms with van der Waals surface area (Å²) in [5.41, 5.74) is -0.672. The van der Waals surface area contributed by atoms with Crippen molar-refractivity contribution in [2.45, 2.75) is 13.0 Å². The Labute approximate surface area is 118 Å². The van der Waals surface area contributed by atoms with Gasteiger partial charge >= 0.3 is 5.69 Å². The minimum Gasteiger partial charge on any atom is -0.352 e. The minimum atomic E-state index is -0.970. The summed E-state index contributed by atoms with van der Waals surface area (Å²) in [5.74, 6) is -1.46. The summed E-state index contributed by atoms with van der Waals surface area (Å²) >= 11 is 0. The number of hydrogen-bond donors (Lipinski definition) is 1. The van der Waals surface area contributed by atoms with Crippen molar-refractivity contribution in [3.8, 4) is 0 Å². The van der Waals surface area contributed by atoms with Gasteiger partial charge in [0.1, 0.15) is 0 Å². The highest BCUT2D eigenvalue weighted by Gasteiger charge is 2.17. The maximum absolute atomic E-state index is 13.2. The maximum Gasteiger partial charge on any atom is 0.305 e. The van der Waals surface area contributed by atoms with Crippen LogP contribution in [-0.2, 0) is 6.54 Å². The third-order valence-electron chi connectivity index (χ3n) is 2.73. The molecule has 1 N–H and O–H groups in total. The number of nitro groups is 1. The SMILES string of the molecule is O=C(NCCCn1ccnn1)c1ccc(F)c([N+](=O)[O-])c1. The highest BCUT2D eigenvalue weighted by molar-refractivity contribution is 5.94. The number of benzene rings is 1. The molecular weight excluding hydrogens is 281 g/mol. The van der Waals surface area contributed by atoms with Gasteiger partial charge in [-0.15, -0.1) is 5.10 Å². The summed E-state index contributed by atoms with van der Waals surface area (Å²) in [6, 6.07) is 3.03. The van der Waals surface area contributed by atoms with E-state index < -0.39 is 22.3 Å². The molecule has 1 aromatic heterocycles. The van der Waals surface area contributed by atoms with Crippen LogP contribution in [0.5, 0.6) is 0 Å². The van der Waals surface area contributed by atoms with Gasteiger partial charge in [0.15, 0.2) is 0 Å². The Hall–Kier alpha value is -2.84. The number of carbonyl (C=O) groups excluding carboxylic acids is 1. The molecule has 0 radical (unpaired) electrons. The molecule has 8 nitrogen and oxygen atoms in total. The molecule has 0 saturated carbocycles. The molecule has 0 bridgehead atoms. The molecule has 0 unspecified atom stereocenters. The number of hydrogen-bond acceptors (Lipinski definition) is 5. The maximum atomic E-state index is 13.2. The molecule has 2 rings (SSSR count). The number of rotatable bonds is 6. The fourth-order valence-corrected chi connectivity index (χ4v) is 1.69. The number of halogens is 1. The van der Waals surface area contributed by atoms with E-state index >= 15 is 0 Å². The monoisotopic (exact) mass is 293 g/mol. The second-order valence-corrected chi connectivity index (χ2v) is 4.20. The predicted octanol–water partition coefficient (Wildman–Crippen LogP) is 1.15. The number of nitrogens with one attached hydrogen (secondary N) is 1. The molecule has 1 aromatic carbocycles. The van der Waals surface area contributed by atoms with Crippen LogP contribution in [0.1, 0.15) is 16.8 Å². The Morgan fingerprint density at radius 1 is 1.48 bits per heavy atom. The molecule has 0 fully saturated rings. The van der Waals surface area contributed by atoms with Crippen molar-refractivity contribution in [1.29, 1.82) is 0 Å². The van der Waals surface area contributed by atoms with Gasteiger partial charge in [0.2, 0.25) is 5.82 Å². The first-order valence-corrected chi connectivity index (χ1v) is 6.14. The third-order valence-corrected chi connectivity index (χ3v) is 2.73. The molecule has 21 heavy (non-hydrogen) atoms. The summed E-state index contributed by atoms with van der Waals surface area (Å²) in [5, 5.41) is 20.6. The van der Waals surface area contributed by atoms with Gasteiger partial charge in [0.25, 0.3) is 5.91 Å². The summed E-state index contributed by atoms with van der Waals surface area (Å²) in [6.45, 7) is 0.952. The zero-order chi connectivity index (χ0) is 15.2. The van der Waals surface area contributed by atoms with E-state index in [2.05, 4.69) is 15.6 Å². The summed E-state index contributed by atoms with van der Waals surface area (Å²) in [4.78, 5) is 21.5. The predicted molar refractivity (Wildman–Crippen MR) is 70.0 cm³/mol. The molecule has 0 saturated heterocycles. The molecule has 9 heteroatoms.